The quantitative estimate of drug-likeness (QED) is 0.873. The molecule has 0 unspecified atom stereocenters. The van der Waals surface area contributed by atoms with Crippen LogP contribution in [0.1, 0.15) is 15.9 Å². The molecule has 74 valence electrons. The molecule has 0 aromatic heterocycles. The summed E-state index contributed by atoms with van der Waals surface area (Å²) in [4.78, 5) is 10.7. The summed E-state index contributed by atoms with van der Waals surface area (Å²) in [7, 11) is 1.50. The average molecular weight is 304 g/mol. The lowest BCUT2D eigenvalue weighted by atomic mass is 10.1. The molecule has 1 aromatic carbocycles. The first-order chi connectivity index (χ1) is 6.60. The Morgan fingerprint density at radius 3 is 2.71 bits per heavy atom. The van der Waals surface area contributed by atoms with Gasteiger partial charge in [-0.05, 0) is 34.7 Å². The summed E-state index contributed by atoms with van der Waals surface area (Å²) < 4.78 is 5.88. The smallest absolute Gasteiger partial charge is 0.335 e. The molecule has 0 heterocycles. The molecule has 0 atom stereocenters. The van der Waals surface area contributed by atoms with Crippen molar-refractivity contribution < 1.29 is 14.6 Å². The topological polar surface area (TPSA) is 46.5 Å². The van der Waals surface area contributed by atoms with Crippen molar-refractivity contribution in [3.63, 3.8) is 0 Å². The molecular weight excluding hydrogens is 295 g/mol. The first-order valence-corrected chi connectivity index (χ1v) is 4.91. The van der Waals surface area contributed by atoms with Crippen LogP contribution in [-0.4, -0.2) is 18.2 Å². The molecule has 1 N–H and O–H groups in total. The molecule has 0 aliphatic rings. The lowest BCUT2D eigenvalue weighted by Gasteiger charge is -2.08. The minimum Gasteiger partial charge on any atom is -0.496 e. The Kier molecular flexibility index (Phi) is 3.51. The van der Waals surface area contributed by atoms with E-state index in [4.69, 9.17) is 9.84 Å². The third kappa shape index (κ3) is 2.06. The third-order valence-electron chi connectivity index (χ3n) is 1.76. The number of benzene rings is 1. The van der Waals surface area contributed by atoms with Gasteiger partial charge in [0.1, 0.15) is 5.75 Å². The van der Waals surface area contributed by atoms with Gasteiger partial charge in [-0.2, -0.15) is 0 Å². The summed E-state index contributed by atoms with van der Waals surface area (Å²) in [5, 5.41) is 8.81. The Labute approximate surface area is 95.5 Å². The molecule has 0 radical (unpaired) electrons. The fourth-order valence-electron chi connectivity index (χ4n) is 1.08. The Hall–Kier alpha value is -1.04. The lowest BCUT2D eigenvalue weighted by Crippen LogP contribution is -2.00. The molecule has 0 bridgehead atoms. The highest BCUT2D eigenvalue weighted by atomic mass is 127. The van der Waals surface area contributed by atoms with E-state index in [0.717, 1.165) is 9.13 Å². The maximum atomic E-state index is 10.7. The molecule has 0 saturated carbocycles. The molecule has 1 rings (SSSR count). The molecule has 0 amide bonds. The summed E-state index contributed by atoms with van der Waals surface area (Å²) >= 11 is 2.05. The second kappa shape index (κ2) is 4.45. The van der Waals surface area contributed by atoms with E-state index in [1.807, 2.05) is 0 Å². The standard InChI is InChI=1S/C10H9IO3/c1-3-7-8(11)4-6(10(12)13)5-9(7)14-2/h3-5H,1H2,2H3,(H,12,13). The van der Waals surface area contributed by atoms with Crippen LogP contribution in [0.5, 0.6) is 5.75 Å². The number of carboxylic acids is 1. The van der Waals surface area contributed by atoms with Crippen LogP contribution >= 0.6 is 22.6 Å². The van der Waals surface area contributed by atoms with Gasteiger partial charge in [0.05, 0.1) is 12.7 Å². The van der Waals surface area contributed by atoms with E-state index in [2.05, 4.69) is 29.2 Å². The largest absolute Gasteiger partial charge is 0.496 e. The zero-order chi connectivity index (χ0) is 10.7. The van der Waals surface area contributed by atoms with Gasteiger partial charge in [0.25, 0.3) is 0 Å². The van der Waals surface area contributed by atoms with Crippen LogP contribution < -0.4 is 4.74 Å². The number of methoxy groups -OCH3 is 1. The number of ether oxygens (including phenoxy) is 1. The maximum Gasteiger partial charge on any atom is 0.335 e. The van der Waals surface area contributed by atoms with E-state index in [0.29, 0.717) is 5.75 Å². The van der Waals surface area contributed by atoms with Gasteiger partial charge in [0, 0.05) is 9.13 Å². The van der Waals surface area contributed by atoms with E-state index in [1.54, 1.807) is 12.1 Å². The zero-order valence-corrected chi connectivity index (χ0v) is 9.74. The molecule has 0 aliphatic carbocycles. The van der Waals surface area contributed by atoms with Crippen LogP contribution in [0.3, 0.4) is 0 Å². The number of hydrogen-bond donors (Lipinski definition) is 1. The Bertz CT molecular complexity index is 385. The molecule has 1 aromatic rings. The van der Waals surface area contributed by atoms with Crippen molar-refractivity contribution in [3.05, 3.63) is 33.4 Å². The first kappa shape index (κ1) is 11.0. The van der Waals surface area contributed by atoms with Crippen LogP contribution in [0.15, 0.2) is 18.7 Å². The molecule has 14 heavy (non-hydrogen) atoms. The number of halogens is 1. The SMILES string of the molecule is C=Cc1c(I)cc(C(=O)O)cc1OC. The number of carbonyl (C=O) groups is 1. The number of carboxylic acid groups (broad SMARTS) is 1. The van der Waals surface area contributed by atoms with Gasteiger partial charge < -0.3 is 9.84 Å². The Morgan fingerprint density at radius 2 is 2.29 bits per heavy atom. The summed E-state index contributed by atoms with van der Waals surface area (Å²) in [5.41, 5.74) is 1.04. The van der Waals surface area contributed by atoms with Crippen molar-refractivity contribution in [1.29, 1.82) is 0 Å². The van der Waals surface area contributed by atoms with Crippen molar-refractivity contribution in [2.24, 2.45) is 0 Å². The number of rotatable bonds is 3. The van der Waals surface area contributed by atoms with Crippen LogP contribution in [0.4, 0.5) is 0 Å². The van der Waals surface area contributed by atoms with Gasteiger partial charge >= 0.3 is 5.97 Å². The Balaban J connectivity index is 3.38. The van der Waals surface area contributed by atoms with Crippen molar-refractivity contribution in [2.75, 3.05) is 7.11 Å². The van der Waals surface area contributed by atoms with Crippen molar-refractivity contribution in [1.82, 2.24) is 0 Å². The fraction of sp³-hybridized carbons (Fsp3) is 0.100. The highest BCUT2D eigenvalue weighted by Gasteiger charge is 2.10. The molecule has 0 fully saturated rings. The van der Waals surface area contributed by atoms with Crippen LogP contribution in [-0.2, 0) is 0 Å². The molecular formula is C10H9IO3. The van der Waals surface area contributed by atoms with Gasteiger partial charge in [0.15, 0.2) is 0 Å². The van der Waals surface area contributed by atoms with Crippen molar-refractivity contribution in [2.45, 2.75) is 0 Å². The van der Waals surface area contributed by atoms with E-state index in [1.165, 1.54) is 13.2 Å². The second-order valence-corrected chi connectivity index (χ2v) is 3.75. The minimum atomic E-state index is -0.961. The maximum absolute atomic E-state index is 10.7. The predicted molar refractivity (Wildman–Crippen MR) is 62.8 cm³/mol. The highest BCUT2D eigenvalue weighted by Crippen LogP contribution is 2.26. The van der Waals surface area contributed by atoms with E-state index < -0.39 is 5.97 Å². The first-order valence-electron chi connectivity index (χ1n) is 3.83. The molecule has 0 saturated heterocycles. The monoisotopic (exact) mass is 304 g/mol. The second-order valence-electron chi connectivity index (χ2n) is 2.58. The summed E-state index contributed by atoms with van der Waals surface area (Å²) in [6.07, 6.45) is 1.65. The van der Waals surface area contributed by atoms with Crippen LogP contribution in [0.25, 0.3) is 6.08 Å². The van der Waals surface area contributed by atoms with Gasteiger partial charge in [-0.25, -0.2) is 4.79 Å². The molecule has 3 nitrogen and oxygen atoms in total. The fourth-order valence-corrected chi connectivity index (χ4v) is 1.90. The molecule has 0 spiro atoms. The number of hydrogen-bond acceptors (Lipinski definition) is 2. The zero-order valence-electron chi connectivity index (χ0n) is 7.58. The van der Waals surface area contributed by atoms with Crippen molar-refractivity contribution >= 4 is 34.6 Å². The van der Waals surface area contributed by atoms with Gasteiger partial charge in [-0.3, -0.25) is 0 Å². The molecule has 4 heteroatoms. The normalized spacial score (nSPS) is 9.57. The van der Waals surface area contributed by atoms with Gasteiger partial charge in [-0.1, -0.05) is 12.7 Å². The average Bonchev–Trinajstić information content (AvgIpc) is 2.16. The lowest BCUT2D eigenvalue weighted by molar-refractivity contribution is 0.0696. The van der Waals surface area contributed by atoms with E-state index in [9.17, 15) is 4.79 Å². The summed E-state index contributed by atoms with van der Waals surface area (Å²) in [6, 6.07) is 3.07. The number of aromatic carboxylic acids is 1. The van der Waals surface area contributed by atoms with E-state index in [-0.39, 0.29) is 5.56 Å². The third-order valence-corrected chi connectivity index (χ3v) is 2.66. The molecule has 0 aliphatic heterocycles. The van der Waals surface area contributed by atoms with E-state index >= 15 is 0 Å². The minimum absolute atomic E-state index is 0.219. The summed E-state index contributed by atoms with van der Waals surface area (Å²) in [6.45, 7) is 3.64. The van der Waals surface area contributed by atoms with Gasteiger partial charge in [0.2, 0.25) is 0 Å². The predicted octanol–water partition coefficient (Wildman–Crippen LogP) is 2.64. The Morgan fingerprint density at radius 1 is 1.64 bits per heavy atom. The van der Waals surface area contributed by atoms with Crippen LogP contribution in [0.2, 0.25) is 0 Å². The highest BCUT2D eigenvalue weighted by molar-refractivity contribution is 14.1. The summed E-state index contributed by atoms with van der Waals surface area (Å²) in [5.74, 6) is -0.430. The van der Waals surface area contributed by atoms with Crippen molar-refractivity contribution in [3.8, 4) is 5.75 Å². The van der Waals surface area contributed by atoms with Crippen LogP contribution in [0, 0.1) is 3.57 Å². The van der Waals surface area contributed by atoms with Gasteiger partial charge in [-0.15, -0.1) is 0 Å².